The Morgan fingerprint density at radius 2 is 2.23 bits per heavy atom. The molecule has 2 rings (SSSR count). The summed E-state index contributed by atoms with van der Waals surface area (Å²) in [5.74, 6) is -0.0406. The van der Waals surface area contributed by atoms with Crippen LogP contribution in [0.4, 0.5) is 0 Å². The average molecular weight is 174 g/mol. The number of rotatable bonds is 0. The van der Waals surface area contributed by atoms with Gasteiger partial charge in [-0.1, -0.05) is 18.2 Å². The van der Waals surface area contributed by atoms with E-state index in [0.717, 1.165) is 23.0 Å². The Bertz CT molecular complexity index is 403. The minimum Gasteiger partial charge on any atom is -0.515 e. The summed E-state index contributed by atoms with van der Waals surface area (Å²) in [6.07, 6.45) is 1.49. The first-order chi connectivity index (χ1) is 6.24. The molecule has 0 saturated heterocycles. The highest BCUT2D eigenvalue weighted by atomic mass is 16.2. The fraction of sp³-hybridized carbons (Fsp3) is 0.182. The van der Waals surface area contributed by atoms with Crippen molar-refractivity contribution in [3.8, 4) is 0 Å². The number of hydrogen-bond acceptors (Lipinski definition) is 2. The van der Waals surface area contributed by atoms with E-state index in [0.29, 0.717) is 12.0 Å². The summed E-state index contributed by atoms with van der Waals surface area (Å²) < 4.78 is 0. The summed E-state index contributed by atoms with van der Waals surface area (Å²) in [6, 6.07) is 5.65. The fourth-order valence-corrected chi connectivity index (χ4v) is 1.70. The second-order valence-corrected chi connectivity index (χ2v) is 3.26. The monoisotopic (exact) mass is 174 g/mol. The lowest BCUT2D eigenvalue weighted by Crippen LogP contribution is -1.94. The molecule has 0 heterocycles. The lowest BCUT2D eigenvalue weighted by Gasteiger charge is -1.99. The van der Waals surface area contributed by atoms with Crippen molar-refractivity contribution in [3.63, 3.8) is 0 Å². The Kier molecular flexibility index (Phi) is 1.69. The van der Waals surface area contributed by atoms with E-state index in [-0.39, 0.29) is 5.78 Å². The molecule has 1 aromatic carbocycles. The molecule has 0 aliphatic heterocycles. The van der Waals surface area contributed by atoms with Crippen molar-refractivity contribution in [3.05, 3.63) is 46.7 Å². The maximum atomic E-state index is 11.6. The van der Waals surface area contributed by atoms with E-state index < -0.39 is 0 Å². The summed E-state index contributed by atoms with van der Waals surface area (Å²) in [5.41, 5.74) is 3.39. The number of carbonyl (C=O) groups is 1. The maximum Gasteiger partial charge on any atom is 0.192 e. The number of Topliss-reactive ketones (excluding diaryl/α,β-unsaturated/α-hetero) is 1. The molecule has 0 spiro atoms. The van der Waals surface area contributed by atoms with Gasteiger partial charge in [0.2, 0.25) is 0 Å². The van der Waals surface area contributed by atoms with E-state index in [1.165, 1.54) is 0 Å². The third-order valence-electron chi connectivity index (χ3n) is 2.47. The van der Waals surface area contributed by atoms with Crippen LogP contribution >= 0.6 is 0 Å². The molecule has 2 heteroatoms. The van der Waals surface area contributed by atoms with E-state index in [1.54, 1.807) is 6.07 Å². The first kappa shape index (κ1) is 8.05. The third-order valence-corrected chi connectivity index (χ3v) is 2.47. The van der Waals surface area contributed by atoms with Crippen molar-refractivity contribution >= 4 is 5.78 Å². The van der Waals surface area contributed by atoms with Gasteiger partial charge < -0.3 is 5.11 Å². The van der Waals surface area contributed by atoms with E-state index in [9.17, 15) is 4.79 Å². The van der Waals surface area contributed by atoms with Gasteiger partial charge in [-0.05, 0) is 18.1 Å². The Balaban J connectivity index is 2.62. The largest absolute Gasteiger partial charge is 0.515 e. The highest BCUT2D eigenvalue weighted by Gasteiger charge is 2.25. The number of carbonyl (C=O) groups excluding carboxylic acids is 1. The van der Waals surface area contributed by atoms with Gasteiger partial charge in [0.25, 0.3) is 0 Å². The first-order valence-electron chi connectivity index (χ1n) is 4.20. The number of aliphatic hydroxyl groups is 1. The quantitative estimate of drug-likeness (QED) is 0.483. The average Bonchev–Trinajstić information content (AvgIpc) is 2.45. The second-order valence-electron chi connectivity index (χ2n) is 3.26. The third kappa shape index (κ3) is 1.06. The van der Waals surface area contributed by atoms with Crippen LogP contribution in [-0.4, -0.2) is 10.9 Å². The van der Waals surface area contributed by atoms with E-state index in [2.05, 4.69) is 0 Å². The van der Waals surface area contributed by atoms with Crippen molar-refractivity contribution in [2.45, 2.75) is 13.3 Å². The molecule has 0 fully saturated rings. The molecule has 0 unspecified atom stereocenters. The number of ketones is 1. The highest BCUT2D eigenvalue weighted by molar-refractivity contribution is 6.13. The predicted molar refractivity (Wildman–Crippen MR) is 49.9 cm³/mol. The molecule has 2 nitrogen and oxygen atoms in total. The molecule has 66 valence electrons. The Morgan fingerprint density at radius 3 is 2.85 bits per heavy atom. The summed E-state index contributed by atoms with van der Waals surface area (Å²) in [5, 5.41) is 8.82. The van der Waals surface area contributed by atoms with Crippen molar-refractivity contribution in [1.29, 1.82) is 0 Å². The molecule has 1 aliphatic rings. The molecule has 0 bridgehead atoms. The summed E-state index contributed by atoms with van der Waals surface area (Å²) in [7, 11) is 0. The van der Waals surface area contributed by atoms with Crippen LogP contribution < -0.4 is 0 Å². The number of hydrogen-bond donors (Lipinski definition) is 1. The van der Waals surface area contributed by atoms with Gasteiger partial charge in [-0.25, -0.2) is 0 Å². The lowest BCUT2D eigenvalue weighted by atomic mass is 10.1. The molecule has 0 atom stereocenters. The molecule has 1 N–H and O–H groups in total. The summed E-state index contributed by atoms with van der Waals surface area (Å²) in [4.78, 5) is 11.6. The summed E-state index contributed by atoms with van der Waals surface area (Å²) >= 11 is 0. The van der Waals surface area contributed by atoms with E-state index in [4.69, 9.17) is 5.11 Å². The molecule has 13 heavy (non-hydrogen) atoms. The SMILES string of the molecule is Cc1cccc2c1C/C(=C\O)C2=O. The zero-order valence-electron chi connectivity index (χ0n) is 7.37. The molecular formula is C11H10O2. The molecule has 1 aromatic rings. The van der Waals surface area contributed by atoms with Crippen LogP contribution in [0, 0.1) is 6.92 Å². The van der Waals surface area contributed by atoms with Crippen LogP contribution in [0.25, 0.3) is 0 Å². The highest BCUT2D eigenvalue weighted by Crippen LogP contribution is 2.28. The zero-order valence-corrected chi connectivity index (χ0v) is 7.37. The van der Waals surface area contributed by atoms with Gasteiger partial charge in [-0.3, -0.25) is 4.79 Å². The van der Waals surface area contributed by atoms with Gasteiger partial charge in [-0.15, -0.1) is 0 Å². The Hall–Kier alpha value is -1.57. The summed E-state index contributed by atoms with van der Waals surface area (Å²) in [6.45, 7) is 1.98. The Morgan fingerprint density at radius 1 is 1.46 bits per heavy atom. The smallest absolute Gasteiger partial charge is 0.192 e. The number of benzene rings is 1. The second kappa shape index (κ2) is 2.73. The van der Waals surface area contributed by atoms with Crippen LogP contribution in [0.5, 0.6) is 0 Å². The van der Waals surface area contributed by atoms with Crippen LogP contribution in [-0.2, 0) is 6.42 Å². The number of aryl methyl sites for hydroxylation is 1. The van der Waals surface area contributed by atoms with Gasteiger partial charge in [0, 0.05) is 17.6 Å². The zero-order chi connectivity index (χ0) is 9.42. The van der Waals surface area contributed by atoms with Gasteiger partial charge >= 0.3 is 0 Å². The van der Waals surface area contributed by atoms with Crippen LogP contribution in [0.2, 0.25) is 0 Å². The van der Waals surface area contributed by atoms with Gasteiger partial charge in [0.05, 0.1) is 6.26 Å². The van der Waals surface area contributed by atoms with Crippen LogP contribution in [0.3, 0.4) is 0 Å². The molecular weight excluding hydrogens is 164 g/mol. The molecule has 0 radical (unpaired) electrons. The van der Waals surface area contributed by atoms with Crippen LogP contribution in [0.1, 0.15) is 21.5 Å². The van der Waals surface area contributed by atoms with E-state index in [1.807, 2.05) is 19.1 Å². The van der Waals surface area contributed by atoms with Crippen molar-refractivity contribution < 1.29 is 9.90 Å². The number of fused-ring (bicyclic) bond motifs is 1. The van der Waals surface area contributed by atoms with Gasteiger partial charge in [0.1, 0.15) is 0 Å². The minimum absolute atomic E-state index is 0.0406. The topological polar surface area (TPSA) is 37.3 Å². The molecule has 0 saturated carbocycles. The Labute approximate surface area is 76.5 Å². The maximum absolute atomic E-state index is 11.6. The lowest BCUT2D eigenvalue weighted by molar-refractivity contribution is 0.103. The standard InChI is InChI=1S/C11H10O2/c1-7-3-2-4-9-10(7)5-8(6-12)11(9)13/h2-4,6,12H,5H2,1H3/b8-6+. The fourth-order valence-electron chi connectivity index (χ4n) is 1.70. The van der Waals surface area contributed by atoms with Crippen LogP contribution in [0.15, 0.2) is 30.0 Å². The molecule has 0 amide bonds. The van der Waals surface area contributed by atoms with Crippen molar-refractivity contribution in [2.24, 2.45) is 0 Å². The minimum atomic E-state index is -0.0406. The van der Waals surface area contributed by atoms with Gasteiger partial charge in [0.15, 0.2) is 5.78 Å². The van der Waals surface area contributed by atoms with Crippen molar-refractivity contribution in [2.75, 3.05) is 0 Å². The van der Waals surface area contributed by atoms with Gasteiger partial charge in [-0.2, -0.15) is 0 Å². The number of allylic oxidation sites excluding steroid dienone is 1. The van der Waals surface area contributed by atoms with Crippen molar-refractivity contribution in [1.82, 2.24) is 0 Å². The normalized spacial score (nSPS) is 17.9. The van der Waals surface area contributed by atoms with E-state index >= 15 is 0 Å². The molecule has 1 aliphatic carbocycles. The molecule has 0 aromatic heterocycles. The predicted octanol–water partition coefficient (Wildman–Crippen LogP) is 2.18. The number of aliphatic hydroxyl groups excluding tert-OH is 1. The first-order valence-corrected chi connectivity index (χ1v) is 4.20.